The van der Waals surface area contributed by atoms with Gasteiger partial charge in [0.05, 0.1) is 28.6 Å². The average molecular weight is 477 g/mol. The van der Waals surface area contributed by atoms with E-state index in [1.54, 1.807) is 18.6 Å². The Morgan fingerprint density at radius 1 is 1.24 bits per heavy atom. The molecule has 33 heavy (non-hydrogen) atoms. The van der Waals surface area contributed by atoms with Crippen LogP contribution in [0.3, 0.4) is 0 Å². The van der Waals surface area contributed by atoms with Gasteiger partial charge in [-0.05, 0) is 51.7 Å². The molecule has 8 heteroatoms. The highest BCUT2D eigenvalue weighted by molar-refractivity contribution is 6.27. The van der Waals surface area contributed by atoms with Crippen LogP contribution in [0.25, 0.3) is 11.3 Å². The molecule has 0 spiro atoms. The third-order valence-corrected chi connectivity index (χ3v) is 6.09. The van der Waals surface area contributed by atoms with Gasteiger partial charge in [0.2, 0.25) is 0 Å². The smallest absolute Gasteiger partial charge is 0.147 e. The van der Waals surface area contributed by atoms with Gasteiger partial charge in [-0.25, -0.2) is 13.8 Å². The van der Waals surface area contributed by atoms with Crippen molar-refractivity contribution < 1.29 is 13.9 Å². The molecule has 1 aromatic heterocycles. The zero-order valence-corrected chi connectivity index (χ0v) is 20.2. The third-order valence-electron chi connectivity index (χ3n) is 5.97. The monoisotopic (exact) mass is 476 g/mol. The molecule has 2 unspecified atom stereocenters. The van der Waals surface area contributed by atoms with E-state index in [-0.39, 0.29) is 22.8 Å². The highest BCUT2D eigenvalue weighted by Gasteiger charge is 2.31. The van der Waals surface area contributed by atoms with Gasteiger partial charge >= 0.3 is 0 Å². The number of anilines is 1. The Bertz CT molecular complexity index is 1010. The van der Waals surface area contributed by atoms with E-state index >= 15 is 0 Å². The number of allylic oxidation sites excluding steroid dienone is 1. The van der Waals surface area contributed by atoms with E-state index in [4.69, 9.17) is 16.6 Å². The molecule has 0 bridgehead atoms. The maximum Gasteiger partial charge on any atom is 0.147 e. The molecule has 1 aliphatic heterocycles. The van der Waals surface area contributed by atoms with Gasteiger partial charge in [0, 0.05) is 43.1 Å². The summed E-state index contributed by atoms with van der Waals surface area (Å²) in [5.41, 5.74) is 0.430. The van der Waals surface area contributed by atoms with Crippen molar-refractivity contribution in [2.24, 2.45) is 10.9 Å². The Balaban J connectivity index is 1.94. The summed E-state index contributed by atoms with van der Waals surface area (Å²) in [6.07, 6.45) is 8.41. The Hall–Kier alpha value is -2.38. The minimum Gasteiger partial charge on any atom is -0.390 e. The number of alkyl halides is 1. The molecular weight excluding hydrogens is 446 g/mol. The fourth-order valence-electron chi connectivity index (χ4n) is 4.01. The zero-order chi connectivity index (χ0) is 24.2. The van der Waals surface area contributed by atoms with Crippen molar-refractivity contribution >= 4 is 23.6 Å². The van der Waals surface area contributed by atoms with Crippen molar-refractivity contribution in [3.8, 4) is 11.3 Å². The number of rotatable bonds is 7. The van der Waals surface area contributed by atoms with Crippen LogP contribution in [0.4, 0.5) is 14.6 Å². The lowest BCUT2D eigenvalue weighted by Gasteiger charge is -2.38. The summed E-state index contributed by atoms with van der Waals surface area (Å²) < 4.78 is 28.1. The first-order valence-corrected chi connectivity index (χ1v) is 11.6. The molecule has 0 saturated carbocycles. The number of aromatic nitrogens is 2. The van der Waals surface area contributed by atoms with Gasteiger partial charge in [-0.15, -0.1) is 11.6 Å². The normalized spacial score (nSPS) is 17.8. The van der Waals surface area contributed by atoms with Crippen molar-refractivity contribution in [3.05, 3.63) is 54.0 Å². The second kappa shape index (κ2) is 10.7. The molecule has 2 heterocycles. The van der Waals surface area contributed by atoms with E-state index in [2.05, 4.69) is 14.9 Å². The van der Waals surface area contributed by atoms with E-state index in [0.29, 0.717) is 17.2 Å². The molecule has 0 amide bonds. The minimum absolute atomic E-state index is 0.191. The first-order valence-electron chi connectivity index (χ1n) is 11.2. The molecule has 0 aliphatic carbocycles. The predicted octanol–water partition coefficient (Wildman–Crippen LogP) is 5.72. The summed E-state index contributed by atoms with van der Waals surface area (Å²) in [6, 6.07) is 3.45. The molecule has 3 rings (SSSR count). The first-order chi connectivity index (χ1) is 15.6. The fraction of sp³-hybridized carbons (Fsp3) is 0.480. The molecule has 1 aliphatic rings. The number of piperidine rings is 1. The quantitative estimate of drug-likeness (QED) is 0.410. The van der Waals surface area contributed by atoms with Crippen LogP contribution in [-0.4, -0.2) is 45.4 Å². The second-order valence-electron chi connectivity index (χ2n) is 9.11. The number of aliphatic imine (C=N–C) groups is 1. The van der Waals surface area contributed by atoms with Gasteiger partial charge in [0.15, 0.2) is 0 Å². The summed E-state index contributed by atoms with van der Waals surface area (Å²) in [5.74, 6) is -0.640. The van der Waals surface area contributed by atoms with E-state index < -0.39 is 17.2 Å². The van der Waals surface area contributed by atoms with Gasteiger partial charge in [-0.2, -0.15) is 0 Å². The van der Waals surface area contributed by atoms with Gasteiger partial charge < -0.3 is 10.0 Å². The lowest BCUT2D eigenvalue weighted by molar-refractivity contribution is 0.00645. The number of hydrogen-bond donors (Lipinski definition) is 1. The Kier molecular flexibility index (Phi) is 8.19. The number of nitrogens with zero attached hydrogens (tertiary/aromatic N) is 4. The Labute approximate surface area is 199 Å². The van der Waals surface area contributed by atoms with Crippen LogP contribution in [0, 0.1) is 17.6 Å². The Morgan fingerprint density at radius 3 is 2.55 bits per heavy atom. The average Bonchev–Trinajstić information content (AvgIpc) is 2.76. The minimum atomic E-state index is -0.715. The number of hydrogen-bond acceptors (Lipinski definition) is 5. The molecule has 2 atom stereocenters. The maximum absolute atomic E-state index is 14.6. The molecular formula is C25H31ClF2N4O. The van der Waals surface area contributed by atoms with E-state index in [1.807, 2.05) is 33.8 Å². The fourth-order valence-corrected chi connectivity index (χ4v) is 4.07. The lowest BCUT2D eigenvalue weighted by Crippen LogP contribution is -2.42. The van der Waals surface area contributed by atoms with Crippen LogP contribution in [0.1, 0.15) is 52.1 Å². The topological polar surface area (TPSA) is 61.6 Å². The van der Waals surface area contributed by atoms with Crippen molar-refractivity contribution in [1.29, 1.82) is 0 Å². The lowest BCUT2D eigenvalue weighted by atomic mass is 9.83. The van der Waals surface area contributed by atoms with Crippen LogP contribution in [-0.2, 0) is 0 Å². The van der Waals surface area contributed by atoms with Crippen LogP contribution >= 0.6 is 11.6 Å². The van der Waals surface area contributed by atoms with Crippen molar-refractivity contribution in [2.75, 3.05) is 18.0 Å². The van der Waals surface area contributed by atoms with Crippen LogP contribution in [0.2, 0.25) is 0 Å². The molecule has 1 aromatic carbocycles. The molecule has 5 nitrogen and oxygen atoms in total. The predicted molar refractivity (Wildman–Crippen MR) is 130 cm³/mol. The van der Waals surface area contributed by atoms with Crippen molar-refractivity contribution in [3.63, 3.8) is 0 Å². The largest absolute Gasteiger partial charge is 0.390 e. The molecule has 178 valence electrons. The van der Waals surface area contributed by atoms with Gasteiger partial charge in [0.1, 0.15) is 17.5 Å². The van der Waals surface area contributed by atoms with E-state index in [9.17, 15) is 13.9 Å². The summed E-state index contributed by atoms with van der Waals surface area (Å²) in [7, 11) is 0. The summed E-state index contributed by atoms with van der Waals surface area (Å²) in [4.78, 5) is 15.7. The molecule has 2 aromatic rings. The maximum atomic E-state index is 14.6. The molecule has 1 saturated heterocycles. The second-order valence-corrected chi connectivity index (χ2v) is 9.80. The summed E-state index contributed by atoms with van der Waals surface area (Å²) >= 11 is 5.89. The molecule has 1 N–H and O–H groups in total. The number of halogens is 3. The molecule has 1 fully saturated rings. The van der Waals surface area contributed by atoms with Crippen LogP contribution < -0.4 is 4.90 Å². The van der Waals surface area contributed by atoms with E-state index in [0.717, 1.165) is 32.0 Å². The third kappa shape index (κ3) is 6.58. The van der Waals surface area contributed by atoms with Crippen LogP contribution in [0.15, 0.2) is 41.7 Å². The van der Waals surface area contributed by atoms with E-state index in [1.165, 1.54) is 12.1 Å². The zero-order valence-electron chi connectivity index (χ0n) is 19.5. The van der Waals surface area contributed by atoms with Gasteiger partial charge in [-0.1, -0.05) is 13.0 Å². The van der Waals surface area contributed by atoms with Crippen molar-refractivity contribution in [1.82, 2.24) is 9.97 Å². The highest BCUT2D eigenvalue weighted by atomic mass is 35.5. The van der Waals surface area contributed by atoms with Crippen molar-refractivity contribution in [2.45, 2.75) is 57.4 Å². The Morgan fingerprint density at radius 2 is 1.94 bits per heavy atom. The van der Waals surface area contributed by atoms with Gasteiger partial charge in [-0.3, -0.25) is 9.98 Å². The molecule has 0 radical (unpaired) electrons. The van der Waals surface area contributed by atoms with Gasteiger partial charge in [0.25, 0.3) is 0 Å². The summed E-state index contributed by atoms with van der Waals surface area (Å²) in [5, 5.41) is 10.1. The SMILES string of the molecule is CC(Cl)C=N/C=C\C(C)c1nc(N2CCC(C(C)(C)O)CC2)cnc1-c1ccc(F)cc1F. The first kappa shape index (κ1) is 25.2. The summed E-state index contributed by atoms with van der Waals surface area (Å²) in [6.45, 7) is 8.92. The number of aliphatic hydroxyl groups is 1. The highest BCUT2D eigenvalue weighted by Crippen LogP contribution is 2.33. The number of benzene rings is 1. The van der Waals surface area contributed by atoms with Crippen LogP contribution in [0.5, 0.6) is 0 Å². The standard InChI is InChI=1S/C25H31ClF2N4O/c1-16(7-10-29-14-17(2)26)23-24(20-6-5-19(27)13-21(20)28)30-15-22(31-23)32-11-8-18(9-12-32)25(3,4)33/h5-7,10,13-18,33H,8-9,11-12H2,1-4H3/b10-7-,29-14?.